The summed E-state index contributed by atoms with van der Waals surface area (Å²) in [6.45, 7) is 2.10. The van der Waals surface area contributed by atoms with Crippen LogP contribution < -0.4 is 0 Å². The first-order valence-corrected chi connectivity index (χ1v) is 5.38. The number of nitrogens with one attached hydrogen (secondary N) is 1. The molecule has 1 heterocycles. The third-order valence-electron chi connectivity index (χ3n) is 2.44. The molecule has 2 aromatic rings. The van der Waals surface area contributed by atoms with Crippen molar-refractivity contribution in [3.05, 3.63) is 29.6 Å². The first-order valence-electron chi connectivity index (χ1n) is 5.38. The van der Waals surface area contributed by atoms with Gasteiger partial charge in [0.15, 0.2) is 0 Å². The largest absolute Gasteiger partial charge is 0.481 e. The fourth-order valence-corrected chi connectivity index (χ4v) is 1.75. The first-order chi connectivity index (χ1) is 7.69. The van der Waals surface area contributed by atoms with Gasteiger partial charge in [0.2, 0.25) is 0 Å². The maximum Gasteiger partial charge on any atom is 0.307 e. The molecule has 0 spiro atoms. The van der Waals surface area contributed by atoms with Crippen LogP contribution in [-0.4, -0.2) is 21.0 Å². The molecule has 1 aromatic heterocycles. The molecule has 0 amide bonds. The number of H-pyrrole nitrogens is 1. The summed E-state index contributed by atoms with van der Waals surface area (Å²) in [5.74, 6) is 0.151. The summed E-state index contributed by atoms with van der Waals surface area (Å²) >= 11 is 0. The number of hydrogen-bond donors (Lipinski definition) is 2. The molecule has 0 aliphatic heterocycles. The number of aromatic nitrogens is 2. The van der Waals surface area contributed by atoms with Crippen molar-refractivity contribution in [1.82, 2.24) is 9.97 Å². The van der Waals surface area contributed by atoms with Gasteiger partial charge in [0.05, 0.1) is 17.5 Å². The molecule has 0 unspecified atom stereocenters. The average Bonchev–Trinajstić information content (AvgIpc) is 2.59. The van der Waals surface area contributed by atoms with Crippen molar-refractivity contribution >= 4 is 17.0 Å². The van der Waals surface area contributed by atoms with Crippen molar-refractivity contribution in [3.63, 3.8) is 0 Å². The number of benzene rings is 1. The summed E-state index contributed by atoms with van der Waals surface area (Å²) in [5, 5.41) is 8.70. The molecule has 1 aromatic carbocycles. The van der Waals surface area contributed by atoms with E-state index >= 15 is 0 Å². The highest BCUT2D eigenvalue weighted by Crippen LogP contribution is 2.15. The molecule has 4 nitrogen and oxygen atoms in total. The van der Waals surface area contributed by atoms with E-state index in [1.165, 1.54) is 0 Å². The molecule has 4 heteroatoms. The second kappa shape index (κ2) is 4.35. The number of aliphatic carboxylic acids is 1. The van der Waals surface area contributed by atoms with Crippen molar-refractivity contribution in [2.75, 3.05) is 0 Å². The monoisotopic (exact) mass is 218 g/mol. The number of carboxylic acids is 1. The van der Waals surface area contributed by atoms with Crippen LogP contribution >= 0.6 is 0 Å². The molecule has 0 radical (unpaired) electrons. The van der Waals surface area contributed by atoms with Crippen LogP contribution in [-0.2, 0) is 17.6 Å². The Bertz CT molecular complexity index is 517. The van der Waals surface area contributed by atoms with Crippen LogP contribution in [0.3, 0.4) is 0 Å². The van der Waals surface area contributed by atoms with Gasteiger partial charge in [-0.15, -0.1) is 0 Å². The van der Waals surface area contributed by atoms with Gasteiger partial charge in [0, 0.05) is 6.42 Å². The van der Waals surface area contributed by atoms with Crippen LogP contribution in [0.25, 0.3) is 11.0 Å². The molecule has 0 bridgehead atoms. The molecule has 16 heavy (non-hydrogen) atoms. The number of rotatable bonds is 4. The minimum atomic E-state index is -0.812. The molecule has 0 atom stereocenters. The molecule has 0 aliphatic rings. The number of aryl methyl sites for hydroxylation is 1. The van der Waals surface area contributed by atoms with Crippen molar-refractivity contribution in [3.8, 4) is 0 Å². The average molecular weight is 218 g/mol. The number of carbonyl (C=O) groups is 1. The van der Waals surface area contributed by atoms with E-state index in [1.807, 2.05) is 18.2 Å². The lowest BCUT2D eigenvalue weighted by atomic mass is 10.1. The number of aromatic amines is 1. The lowest BCUT2D eigenvalue weighted by Gasteiger charge is -1.95. The zero-order valence-corrected chi connectivity index (χ0v) is 9.16. The molecule has 2 N–H and O–H groups in total. The number of carboxylic acid groups (broad SMARTS) is 1. The molecule has 2 rings (SSSR count). The summed E-state index contributed by atoms with van der Waals surface area (Å²) in [6, 6.07) is 5.53. The van der Waals surface area contributed by atoms with Crippen LogP contribution in [0, 0.1) is 0 Å². The van der Waals surface area contributed by atoms with Crippen molar-refractivity contribution in [2.24, 2.45) is 0 Å². The normalized spacial score (nSPS) is 10.8. The van der Waals surface area contributed by atoms with Crippen LogP contribution in [0.5, 0.6) is 0 Å². The third-order valence-corrected chi connectivity index (χ3v) is 2.44. The fraction of sp³-hybridized carbons (Fsp3) is 0.333. The first kappa shape index (κ1) is 10.7. The van der Waals surface area contributed by atoms with Gasteiger partial charge in [-0.1, -0.05) is 13.0 Å². The Hall–Kier alpha value is -1.84. The predicted octanol–water partition coefficient (Wildman–Crippen LogP) is 2.14. The molecule has 0 aliphatic carbocycles. The van der Waals surface area contributed by atoms with E-state index in [-0.39, 0.29) is 6.42 Å². The van der Waals surface area contributed by atoms with E-state index in [0.29, 0.717) is 0 Å². The van der Waals surface area contributed by atoms with E-state index in [2.05, 4.69) is 16.9 Å². The van der Waals surface area contributed by atoms with Gasteiger partial charge in [-0.25, -0.2) is 4.98 Å². The highest BCUT2D eigenvalue weighted by atomic mass is 16.4. The van der Waals surface area contributed by atoms with E-state index in [0.717, 1.165) is 35.3 Å². The van der Waals surface area contributed by atoms with E-state index in [9.17, 15) is 4.79 Å². The molecule has 0 fully saturated rings. The van der Waals surface area contributed by atoms with Crippen molar-refractivity contribution in [2.45, 2.75) is 26.2 Å². The second-order valence-electron chi connectivity index (χ2n) is 3.86. The number of nitrogens with zero attached hydrogens (tertiary/aromatic N) is 1. The van der Waals surface area contributed by atoms with Crippen LogP contribution in [0.4, 0.5) is 0 Å². The van der Waals surface area contributed by atoms with Crippen LogP contribution in [0.1, 0.15) is 24.7 Å². The van der Waals surface area contributed by atoms with Crippen molar-refractivity contribution in [1.29, 1.82) is 0 Å². The highest BCUT2D eigenvalue weighted by molar-refractivity contribution is 5.78. The highest BCUT2D eigenvalue weighted by Gasteiger charge is 2.05. The van der Waals surface area contributed by atoms with Gasteiger partial charge in [-0.2, -0.15) is 0 Å². The molecule has 0 saturated carbocycles. The zero-order valence-electron chi connectivity index (χ0n) is 9.16. The lowest BCUT2D eigenvalue weighted by molar-refractivity contribution is -0.136. The lowest BCUT2D eigenvalue weighted by Crippen LogP contribution is -1.99. The summed E-state index contributed by atoms with van der Waals surface area (Å²) in [4.78, 5) is 18.2. The summed E-state index contributed by atoms with van der Waals surface area (Å²) in [7, 11) is 0. The van der Waals surface area contributed by atoms with Crippen LogP contribution in [0.15, 0.2) is 18.2 Å². The van der Waals surface area contributed by atoms with E-state index in [4.69, 9.17) is 5.11 Å². The predicted molar refractivity (Wildman–Crippen MR) is 61.4 cm³/mol. The molecular formula is C12H14N2O2. The maximum absolute atomic E-state index is 10.6. The Labute approximate surface area is 93.3 Å². The van der Waals surface area contributed by atoms with Crippen LogP contribution in [0.2, 0.25) is 0 Å². The molecule has 84 valence electrons. The minimum Gasteiger partial charge on any atom is -0.481 e. The van der Waals surface area contributed by atoms with Gasteiger partial charge >= 0.3 is 5.97 Å². The van der Waals surface area contributed by atoms with Gasteiger partial charge in [-0.3, -0.25) is 4.79 Å². The Morgan fingerprint density at radius 1 is 1.50 bits per heavy atom. The summed E-state index contributed by atoms with van der Waals surface area (Å²) < 4.78 is 0. The second-order valence-corrected chi connectivity index (χ2v) is 3.86. The van der Waals surface area contributed by atoms with Gasteiger partial charge in [0.1, 0.15) is 5.82 Å². The Balaban J connectivity index is 2.33. The molecule has 0 saturated heterocycles. The number of fused-ring (bicyclic) bond motifs is 1. The number of imidazole rings is 1. The minimum absolute atomic E-state index is 0.0536. The Morgan fingerprint density at radius 2 is 2.31 bits per heavy atom. The van der Waals surface area contributed by atoms with Gasteiger partial charge < -0.3 is 10.1 Å². The third kappa shape index (κ3) is 2.21. The topological polar surface area (TPSA) is 66.0 Å². The quantitative estimate of drug-likeness (QED) is 0.826. The number of hydrogen-bond acceptors (Lipinski definition) is 2. The zero-order chi connectivity index (χ0) is 11.5. The molecular weight excluding hydrogens is 204 g/mol. The fourth-order valence-electron chi connectivity index (χ4n) is 1.75. The Morgan fingerprint density at radius 3 is 3.00 bits per heavy atom. The van der Waals surface area contributed by atoms with Gasteiger partial charge in [-0.05, 0) is 24.1 Å². The SMILES string of the molecule is CCCc1nc2ccc(CC(=O)O)cc2[nH]1. The van der Waals surface area contributed by atoms with Gasteiger partial charge in [0.25, 0.3) is 0 Å². The van der Waals surface area contributed by atoms with Crippen molar-refractivity contribution < 1.29 is 9.90 Å². The standard InChI is InChI=1S/C12H14N2O2/c1-2-3-11-13-9-5-4-8(7-12(15)16)6-10(9)14-11/h4-6H,2-3,7H2,1H3,(H,13,14)(H,15,16). The summed E-state index contributed by atoms with van der Waals surface area (Å²) in [6.07, 6.45) is 2.02. The maximum atomic E-state index is 10.6. The Kier molecular flexibility index (Phi) is 2.90. The van der Waals surface area contributed by atoms with E-state index in [1.54, 1.807) is 0 Å². The smallest absolute Gasteiger partial charge is 0.307 e. The van der Waals surface area contributed by atoms with E-state index < -0.39 is 5.97 Å². The summed E-state index contributed by atoms with van der Waals surface area (Å²) in [5.41, 5.74) is 2.62.